The molecule has 2 aliphatic heterocycles. The molecule has 0 aliphatic carbocycles. The third-order valence-electron chi connectivity index (χ3n) is 4.98. The Morgan fingerprint density at radius 3 is 2.62 bits per heavy atom. The molecule has 4 rings (SSSR count). The van der Waals surface area contributed by atoms with Gasteiger partial charge in [-0.3, -0.25) is 4.79 Å². The van der Waals surface area contributed by atoms with Crippen molar-refractivity contribution in [1.29, 1.82) is 0 Å². The summed E-state index contributed by atoms with van der Waals surface area (Å²) < 4.78 is 6.14. The van der Waals surface area contributed by atoms with Gasteiger partial charge in [0, 0.05) is 18.7 Å². The molecule has 0 aromatic heterocycles. The van der Waals surface area contributed by atoms with E-state index in [4.69, 9.17) is 15.3 Å². The van der Waals surface area contributed by atoms with E-state index in [1.807, 2.05) is 61.6 Å². The van der Waals surface area contributed by atoms with Crippen LogP contribution in [0.2, 0.25) is 0 Å². The lowest BCUT2D eigenvalue weighted by molar-refractivity contribution is -0.183. The molecule has 0 spiro atoms. The molecule has 1 fully saturated rings. The van der Waals surface area contributed by atoms with E-state index >= 15 is 0 Å². The number of hydrogen-bond acceptors (Lipinski definition) is 5. The van der Waals surface area contributed by atoms with E-state index < -0.39 is 6.04 Å². The molecule has 6 heteroatoms. The molecule has 0 saturated carbocycles. The van der Waals surface area contributed by atoms with Gasteiger partial charge < -0.3 is 20.2 Å². The van der Waals surface area contributed by atoms with Crippen LogP contribution in [0.3, 0.4) is 0 Å². The Hall–Kier alpha value is -2.41. The van der Waals surface area contributed by atoms with Crippen molar-refractivity contribution in [3.05, 3.63) is 65.7 Å². The fraction of sp³-hybridized carbons (Fsp3) is 0.350. The minimum absolute atomic E-state index is 0.242. The van der Waals surface area contributed by atoms with Crippen LogP contribution in [0.4, 0.5) is 0 Å². The molecule has 2 aliphatic rings. The topological polar surface area (TPSA) is 68.0 Å². The van der Waals surface area contributed by atoms with Gasteiger partial charge in [0.2, 0.25) is 0 Å². The smallest absolute Gasteiger partial charge is 0.277 e. The zero-order valence-electron chi connectivity index (χ0n) is 14.7. The highest BCUT2D eigenvalue weighted by Crippen LogP contribution is 2.35. The maximum absolute atomic E-state index is 13.0. The second kappa shape index (κ2) is 7.07. The number of benzene rings is 2. The van der Waals surface area contributed by atoms with Crippen molar-refractivity contribution in [1.82, 2.24) is 9.96 Å². The molecular weight excluding hydrogens is 330 g/mol. The second-order valence-corrected chi connectivity index (χ2v) is 6.80. The zero-order valence-corrected chi connectivity index (χ0v) is 14.7. The van der Waals surface area contributed by atoms with Gasteiger partial charge in [-0.1, -0.05) is 48.5 Å². The van der Waals surface area contributed by atoms with Gasteiger partial charge in [-0.25, -0.2) is 0 Å². The summed E-state index contributed by atoms with van der Waals surface area (Å²) in [6, 6.07) is 16.3. The van der Waals surface area contributed by atoms with E-state index in [2.05, 4.69) is 4.90 Å². The summed E-state index contributed by atoms with van der Waals surface area (Å²) in [5.41, 5.74) is 7.96. The highest BCUT2D eigenvalue weighted by Gasteiger charge is 2.42. The minimum Gasteiger partial charge on any atom is -0.376 e. The van der Waals surface area contributed by atoms with Gasteiger partial charge in [0.05, 0.1) is 6.61 Å². The molecule has 0 unspecified atom stereocenters. The van der Waals surface area contributed by atoms with E-state index in [9.17, 15) is 4.79 Å². The lowest BCUT2D eigenvalue weighted by Gasteiger charge is -2.39. The Kier molecular flexibility index (Phi) is 4.63. The first-order valence-electron chi connectivity index (χ1n) is 8.86. The predicted octanol–water partition coefficient (Wildman–Crippen LogP) is 1.89. The molecule has 136 valence electrons. The number of hydroxylamine groups is 2. The number of ether oxygens (including phenoxy) is 1. The number of nitrogens with zero attached hydrogens (tertiary/aromatic N) is 2. The SMILES string of the molecule is CN1CCO[C@@H](c2ccccc2)[C@@H](N2Oc3ccccc3[C@H](N)C2=O)C1. The lowest BCUT2D eigenvalue weighted by Crippen LogP contribution is -2.54. The van der Waals surface area contributed by atoms with E-state index in [0.717, 1.165) is 12.1 Å². The third-order valence-corrected chi connectivity index (χ3v) is 4.98. The van der Waals surface area contributed by atoms with Crippen LogP contribution in [0.5, 0.6) is 5.75 Å². The average Bonchev–Trinajstić information content (AvgIpc) is 2.87. The van der Waals surface area contributed by atoms with Gasteiger partial charge in [-0.15, -0.1) is 0 Å². The van der Waals surface area contributed by atoms with Crippen LogP contribution in [0, 0.1) is 0 Å². The summed E-state index contributed by atoms with van der Waals surface area (Å²) in [7, 11) is 2.02. The van der Waals surface area contributed by atoms with Gasteiger partial charge in [-0.05, 0) is 18.7 Å². The number of para-hydroxylation sites is 1. The van der Waals surface area contributed by atoms with Gasteiger partial charge in [0.15, 0.2) is 5.75 Å². The summed E-state index contributed by atoms with van der Waals surface area (Å²) in [4.78, 5) is 21.1. The van der Waals surface area contributed by atoms with Crippen molar-refractivity contribution >= 4 is 5.91 Å². The van der Waals surface area contributed by atoms with Gasteiger partial charge in [0.1, 0.15) is 18.2 Å². The average molecular weight is 353 g/mol. The number of nitrogens with two attached hydrogens (primary N) is 1. The number of carbonyl (C=O) groups excluding carboxylic acids is 1. The van der Waals surface area contributed by atoms with Gasteiger partial charge >= 0.3 is 0 Å². The van der Waals surface area contributed by atoms with E-state index in [0.29, 0.717) is 24.5 Å². The number of amides is 1. The monoisotopic (exact) mass is 353 g/mol. The molecule has 6 nitrogen and oxygen atoms in total. The van der Waals surface area contributed by atoms with Crippen molar-refractivity contribution in [2.45, 2.75) is 18.2 Å². The van der Waals surface area contributed by atoms with Crippen molar-refractivity contribution in [2.24, 2.45) is 5.73 Å². The molecule has 2 aromatic carbocycles. The Morgan fingerprint density at radius 2 is 1.81 bits per heavy atom. The normalized spacial score (nSPS) is 26.8. The van der Waals surface area contributed by atoms with Gasteiger partial charge in [0.25, 0.3) is 5.91 Å². The molecule has 1 saturated heterocycles. The largest absolute Gasteiger partial charge is 0.376 e. The summed E-state index contributed by atoms with van der Waals surface area (Å²) >= 11 is 0. The first-order chi connectivity index (χ1) is 12.6. The maximum Gasteiger partial charge on any atom is 0.277 e. The molecular formula is C20H23N3O3. The summed E-state index contributed by atoms with van der Waals surface area (Å²) in [5.74, 6) is 0.381. The number of carbonyl (C=O) groups is 1. The third kappa shape index (κ3) is 3.07. The molecule has 2 aromatic rings. The Labute approximate surface area is 153 Å². The Bertz CT molecular complexity index is 783. The molecule has 2 N–H and O–H groups in total. The van der Waals surface area contributed by atoms with E-state index in [-0.39, 0.29) is 18.1 Å². The number of rotatable bonds is 2. The van der Waals surface area contributed by atoms with Crippen LogP contribution in [-0.2, 0) is 9.53 Å². The van der Waals surface area contributed by atoms with Crippen molar-refractivity contribution in [3.8, 4) is 5.75 Å². The first kappa shape index (κ1) is 17.0. The maximum atomic E-state index is 13.0. The van der Waals surface area contributed by atoms with Crippen LogP contribution in [0.25, 0.3) is 0 Å². The number of hydrogen-bond donors (Lipinski definition) is 1. The predicted molar refractivity (Wildman–Crippen MR) is 97.3 cm³/mol. The van der Waals surface area contributed by atoms with Crippen LogP contribution >= 0.6 is 0 Å². The lowest BCUT2D eigenvalue weighted by atomic mass is 9.99. The Balaban J connectivity index is 1.71. The summed E-state index contributed by atoms with van der Waals surface area (Å²) in [6.07, 6.45) is -0.275. The van der Waals surface area contributed by atoms with E-state index in [1.165, 1.54) is 5.06 Å². The zero-order chi connectivity index (χ0) is 18.1. The molecule has 26 heavy (non-hydrogen) atoms. The quantitative estimate of drug-likeness (QED) is 0.893. The van der Waals surface area contributed by atoms with Crippen LogP contribution < -0.4 is 10.6 Å². The highest BCUT2D eigenvalue weighted by atomic mass is 16.7. The fourth-order valence-corrected chi connectivity index (χ4v) is 3.58. The number of fused-ring (bicyclic) bond motifs is 1. The molecule has 0 bridgehead atoms. The fourth-order valence-electron chi connectivity index (χ4n) is 3.58. The van der Waals surface area contributed by atoms with E-state index in [1.54, 1.807) is 0 Å². The Morgan fingerprint density at radius 1 is 1.08 bits per heavy atom. The van der Waals surface area contributed by atoms with Crippen molar-refractivity contribution in [3.63, 3.8) is 0 Å². The second-order valence-electron chi connectivity index (χ2n) is 6.80. The first-order valence-corrected chi connectivity index (χ1v) is 8.86. The molecule has 0 radical (unpaired) electrons. The summed E-state index contributed by atoms with van der Waals surface area (Å²) in [6.45, 7) is 2.03. The van der Waals surface area contributed by atoms with Crippen LogP contribution in [-0.4, -0.2) is 48.7 Å². The highest BCUT2D eigenvalue weighted by molar-refractivity contribution is 5.85. The van der Waals surface area contributed by atoms with Crippen LogP contribution in [0.1, 0.15) is 23.3 Å². The molecule has 3 atom stereocenters. The van der Waals surface area contributed by atoms with Crippen molar-refractivity contribution < 1.29 is 14.4 Å². The molecule has 2 heterocycles. The summed E-state index contributed by atoms with van der Waals surface area (Å²) in [5, 5.41) is 1.42. The molecule has 1 amide bonds. The number of likely N-dealkylation sites (N-methyl/N-ethyl adjacent to an activating group) is 1. The van der Waals surface area contributed by atoms with Crippen LogP contribution in [0.15, 0.2) is 54.6 Å². The minimum atomic E-state index is -0.732. The van der Waals surface area contributed by atoms with Gasteiger partial charge in [-0.2, -0.15) is 5.06 Å². The van der Waals surface area contributed by atoms with Crippen molar-refractivity contribution in [2.75, 3.05) is 26.7 Å². The standard InChI is InChI=1S/C20H23N3O3/c1-22-11-12-25-19(14-7-3-2-4-8-14)16(13-22)23-20(24)18(21)15-9-5-6-10-17(15)26-23/h2-10,16,18-19H,11-13,21H2,1H3/t16-,18-,19-/m0/s1.